The van der Waals surface area contributed by atoms with Crippen LogP contribution >= 0.6 is 11.5 Å². The number of pyridine rings is 1. The molecule has 9 heteroatoms. The number of aryl methyl sites for hydroxylation is 1. The molecule has 174 valence electrons. The number of hydrogen-bond acceptors (Lipinski definition) is 9. The molecule has 1 aromatic carbocycles. The van der Waals surface area contributed by atoms with Crippen molar-refractivity contribution in [2.45, 2.75) is 45.1 Å². The minimum atomic E-state index is 0.277. The number of nitrogens with one attached hydrogen (secondary N) is 1. The Morgan fingerprint density at radius 1 is 1.12 bits per heavy atom. The molecule has 0 bridgehead atoms. The molecule has 0 radical (unpaired) electrons. The van der Waals surface area contributed by atoms with Gasteiger partial charge >= 0.3 is 0 Å². The molecule has 33 heavy (non-hydrogen) atoms. The van der Waals surface area contributed by atoms with Gasteiger partial charge in [-0.3, -0.25) is 0 Å². The van der Waals surface area contributed by atoms with Crippen LogP contribution in [-0.2, 0) is 0 Å². The highest BCUT2D eigenvalue weighted by molar-refractivity contribution is 7.09. The molecule has 0 spiro atoms. The lowest BCUT2D eigenvalue weighted by molar-refractivity contribution is 0.153. The molecule has 1 aliphatic carbocycles. The maximum atomic E-state index is 6.48. The van der Waals surface area contributed by atoms with Gasteiger partial charge in [0.2, 0.25) is 5.95 Å². The Bertz CT molecular complexity index is 1090. The first kappa shape index (κ1) is 23.0. The fourth-order valence-electron chi connectivity index (χ4n) is 3.90. The molecule has 0 saturated heterocycles. The molecule has 0 unspecified atom stereocenters. The van der Waals surface area contributed by atoms with Crippen molar-refractivity contribution < 1.29 is 4.74 Å². The van der Waals surface area contributed by atoms with Gasteiger partial charge in [-0.05, 0) is 56.3 Å². The summed E-state index contributed by atoms with van der Waals surface area (Å²) in [5.74, 6) is 7.44. The van der Waals surface area contributed by atoms with Crippen molar-refractivity contribution in [2.24, 2.45) is 11.6 Å². The van der Waals surface area contributed by atoms with Crippen LogP contribution in [0, 0.1) is 6.92 Å². The smallest absolute Gasteiger partial charge is 0.235 e. The highest BCUT2D eigenvalue weighted by Crippen LogP contribution is 2.27. The highest BCUT2D eigenvalue weighted by atomic mass is 32.1. The number of likely N-dealkylation sites (N-methyl/N-ethyl adjacent to an activating group) is 1. The van der Waals surface area contributed by atoms with Crippen molar-refractivity contribution in [3.63, 3.8) is 0 Å². The van der Waals surface area contributed by atoms with Crippen molar-refractivity contribution in [1.82, 2.24) is 19.4 Å². The molecule has 4 rings (SSSR count). The Morgan fingerprint density at radius 3 is 2.58 bits per heavy atom. The van der Waals surface area contributed by atoms with E-state index in [1.54, 1.807) is 7.05 Å². The van der Waals surface area contributed by atoms with E-state index >= 15 is 0 Å². The van der Waals surface area contributed by atoms with Crippen LogP contribution in [0.15, 0.2) is 48.2 Å². The second-order valence-electron chi connectivity index (χ2n) is 8.27. The van der Waals surface area contributed by atoms with E-state index in [1.165, 1.54) is 35.8 Å². The summed E-state index contributed by atoms with van der Waals surface area (Å²) in [4.78, 5) is 9.26. The van der Waals surface area contributed by atoms with E-state index < -0.39 is 0 Å². The summed E-state index contributed by atoms with van der Waals surface area (Å²) in [5.41, 5.74) is 10.2. The van der Waals surface area contributed by atoms with Crippen LogP contribution in [-0.4, -0.2) is 39.0 Å². The van der Waals surface area contributed by atoms with Crippen molar-refractivity contribution >= 4 is 23.2 Å². The molecule has 1 fully saturated rings. The predicted molar refractivity (Wildman–Crippen MR) is 133 cm³/mol. The second-order valence-corrected chi connectivity index (χ2v) is 9.02. The van der Waals surface area contributed by atoms with Gasteiger partial charge in [0.25, 0.3) is 0 Å². The summed E-state index contributed by atoms with van der Waals surface area (Å²) in [5, 5.41) is 5.57. The maximum Gasteiger partial charge on any atom is 0.235 e. The monoisotopic (exact) mass is 465 g/mol. The summed E-state index contributed by atoms with van der Waals surface area (Å²) in [6.07, 6.45) is 6.24. The number of aromatic nitrogens is 3. The van der Waals surface area contributed by atoms with Crippen LogP contribution in [0.25, 0.3) is 16.3 Å². The molecule has 1 aliphatic rings. The zero-order valence-corrected chi connectivity index (χ0v) is 19.9. The Labute approximate surface area is 198 Å². The highest BCUT2D eigenvalue weighted by Gasteiger charge is 2.18. The quantitative estimate of drug-likeness (QED) is 0.335. The van der Waals surface area contributed by atoms with Crippen molar-refractivity contribution in [3.05, 3.63) is 59.5 Å². The molecule has 2 aromatic heterocycles. The fraction of sp³-hybridized carbons (Fsp3) is 0.375. The van der Waals surface area contributed by atoms with E-state index in [9.17, 15) is 0 Å². The fourth-order valence-corrected chi connectivity index (χ4v) is 4.55. The third-order valence-corrected chi connectivity index (χ3v) is 6.52. The minimum Gasteiger partial charge on any atom is -0.489 e. The van der Waals surface area contributed by atoms with E-state index in [4.69, 9.17) is 21.3 Å². The largest absolute Gasteiger partial charge is 0.489 e. The van der Waals surface area contributed by atoms with Crippen LogP contribution in [0.2, 0.25) is 0 Å². The molecule has 0 atom stereocenters. The Balaban J connectivity index is 1.47. The number of anilines is 1. The molecule has 8 nitrogen and oxygen atoms in total. The van der Waals surface area contributed by atoms with Gasteiger partial charge in [-0.2, -0.15) is 9.36 Å². The standard InChI is InChI=1S/C24H31N7OS/c1-16-21(32-18-11-7-4-8-12-18)14-13-19(28-16)22(25)20(31(2)26)15-27-24-29-23(33-30-24)17-9-5-3-6-10-17/h3,5-6,9-10,13-14,18H,4,7-8,11-12,15,25-26H2,1-2H3,(H,27,30)/b22-20-. The summed E-state index contributed by atoms with van der Waals surface area (Å²) < 4.78 is 10.6. The van der Waals surface area contributed by atoms with Crippen LogP contribution in [0.1, 0.15) is 43.5 Å². The minimum absolute atomic E-state index is 0.277. The normalized spacial score (nSPS) is 15.1. The number of rotatable bonds is 8. The van der Waals surface area contributed by atoms with Gasteiger partial charge in [-0.15, -0.1) is 0 Å². The average Bonchev–Trinajstić information content (AvgIpc) is 3.30. The van der Waals surface area contributed by atoms with E-state index in [2.05, 4.69) is 14.7 Å². The topological polar surface area (TPSA) is 115 Å². The molecule has 0 aliphatic heterocycles. The van der Waals surface area contributed by atoms with Gasteiger partial charge < -0.3 is 20.8 Å². The molecule has 0 amide bonds. The number of ether oxygens (including phenoxy) is 1. The van der Waals surface area contributed by atoms with Gasteiger partial charge in [0.05, 0.1) is 35.4 Å². The molecule has 3 aromatic rings. The first-order valence-corrected chi connectivity index (χ1v) is 12.0. The molecular formula is C24H31N7OS. The summed E-state index contributed by atoms with van der Waals surface area (Å²) in [6.45, 7) is 2.31. The van der Waals surface area contributed by atoms with Gasteiger partial charge in [-0.25, -0.2) is 10.8 Å². The first-order valence-electron chi connectivity index (χ1n) is 11.3. The SMILES string of the molecule is Cc1nc(/C(N)=C(\CNc2nsc(-c3ccccc3)n2)N(C)N)ccc1OC1CCCCC1. The van der Waals surface area contributed by atoms with Crippen molar-refractivity contribution in [1.29, 1.82) is 0 Å². The Kier molecular flexibility index (Phi) is 7.41. The molecular weight excluding hydrogens is 434 g/mol. The van der Waals surface area contributed by atoms with Gasteiger partial charge in [0.15, 0.2) is 0 Å². The van der Waals surface area contributed by atoms with Gasteiger partial charge in [0.1, 0.15) is 10.8 Å². The zero-order chi connectivity index (χ0) is 23.2. The van der Waals surface area contributed by atoms with Crippen LogP contribution in [0.4, 0.5) is 5.95 Å². The molecule has 1 saturated carbocycles. The number of nitrogens with two attached hydrogens (primary N) is 2. The van der Waals surface area contributed by atoms with E-state index in [1.807, 2.05) is 49.4 Å². The van der Waals surface area contributed by atoms with Crippen LogP contribution < -0.4 is 21.6 Å². The summed E-state index contributed by atoms with van der Waals surface area (Å²) in [6, 6.07) is 13.8. The van der Waals surface area contributed by atoms with Gasteiger partial charge in [-0.1, -0.05) is 36.8 Å². The molecule has 2 heterocycles. The zero-order valence-electron chi connectivity index (χ0n) is 19.1. The number of hydrogen-bond donors (Lipinski definition) is 3. The van der Waals surface area contributed by atoms with Crippen molar-refractivity contribution in [2.75, 3.05) is 18.9 Å². The third-order valence-electron chi connectivity index (χ3n) is 5.76. The Morgan fingerprint density at radius 2 is 1.88 bits per heavy atom. The van der Waals surface area contributed by atoms with E-state index in [0.29, 0.717) is 29.6 Å². The predicted octanol–water partition coefficient (Wildman–Crippen LogP) is 4.16. The van der Waals surface area contributed by atoms with Crippen LogP contribution in [0.3, 0.4) is 0 Å². The van der Waals surface area contributed by atoms with E-state index in [0.717, 1.165) is 34.9 Å². The lowest BCUT2D eigenvalue weighted by Gasteiger charge is -2.24. The van der Waals surface area contributed by atoms with Crippen LogP contribution in [0.5, 0.6) is 5.75 Å². The van der Waals surface area contributed by atoms with Gasteiger partial charge in [0, 0.05) is 12.6 Å². The second kappa shape index (κ2) is 10.6. The van der Waals surface area contributed by atoms with E-state index in [-0.39, 0.29) is 6.10 Å². The third kappa shape index (κ3) is 5.80. The van der Waals surface area contributed by atoms with Crippen molar-refractivity contribution in [3.8, 4) is 16.3 Å². The number of benzene rings is 1. The summed E-state index contributed by atoms with van der Waals surface area (Å²) >= 11 is 1.34. The summed E-state index contributed by atoms with van der Waals surface area (Å²) in [7, 11) is 1.75. The first-order chi connectivity index (χ1) is 16.0. The number of nitrogens with zero attached hydrogens (tertiary/aromatic N) is 4. The lowest BCUT2D eigenvalue weighted by Crippen LogP contribution is -2.32. The molecule has 5 N–H and O–H groups in total. The lowest BCUT2D eigenvalue weighted by atomic mass is 9.98. The maximum absolute atomic E-state index is 6.48. The average molecular weight is 466 g/mol. The number of hydrazine groups is 1. The Hall–Kier alpha value is -3.17.